The first-order chi connectivity index (χ1) is 8.02. The van der Waals surface area contributed by atoms with Gasteiger partial charge in [0.2, 0.25) is 5.91 Å². The molecule has 0 radical (unpaired) electrons. The van der Waals surface area contributed by atoms with Gasteiger partial charge in [0, 0.05) is 16.2 Å². The van der Waals surface area contributed by atoms with Crippen LogP contribution in [0.15, 0.2) is 22.7 Å². The maximum atomic E-state index is 11.6. The first-order valence-electron chi connectivity index (χ1n) is 5.82. The van der Waals surface area contributed by atoms with Gasteiger partial charge in [0.1, 0.15) is 0 Å². The molecule has 2 N–H and O–H groups in total. The third-order valence-corrected chi connectivity index (χ3v) is 3.27. The molecule has 0 aliphatic rings. The molecular weight excluding hydrogens is 280 g/mol. The molecule has 1 aromatic carbocycles. The number of rotatable bonds is 5. The smallest absolute Gasteiger partial charge is 0.239 e. The number of nitrogens with one attached hydrogen (secondary N) is 2. The van der Waals surface area contributed by atoms with Crippen LogP contribution in [0.5, 0.6) is 0 Å². The van der Waals surface area contributed by atoms with Gasteiger partial charge in [-0.25, -0.2) is 0 Å². The second-order valence-corrected chi connectivity index (χ2v) is 5.07. The standard InChI is InChI=1S/C13H19BrN2O/c1-4-10(3)16-13(17)8-15-12-7-9(2)5-6-11(12)14/h5-7,10,15H,4,8H2,1-3H3,(H,16,17). The molecular formula is C13H19BrN2O. The minimum absolute atomic E-state index is 0.0211. The molecule has 0 spiro atoms. The molecule has 94 valence electrons. The Labute approximate surface area is 111 Å². The molecule has 1 atom stereocenters. The highest BCUT2D eigenvalue weighted by Crippen LogP contribution is 2.22. The highest BCUT2D eigenvalue weighted by Gasteiger charge is 2.06. The zero-order valence-corrected chi connectivity index (χ0v) is 12.1. The van der Waals surface area contributed by atoms with Crippen LogP contribution >= 0.6 is 15.9 Å². The van der Waals surface area contributed by atoms with Crippen LogP contribution in [0.1, 0.15) is 25.8 Å². The molecule has 1 amide bonds. The second kappa shape index (κ2) is 6.64. The number of carbonyl (C=O) groups excluding carboxylic acids is 1. The molecule has 3 nitrogen and oxygen atoms in total. The Kier molecular flexibility index (Phi) is 5.48. The van der Waals surface area contributed by atoms with E-state index < -0.39 is 0 Å². The summed E-state index contributed by atoms with van der Waals surface area (Å²) >= 11 is 3.45. The van der Waals surface area contributed by atoms with Crippen molar-refractivity contribution in [2.45, 2.75) is 33.2 Å². The molecule has 0 aliphatic carbocycles. The van der Waals surface area contributed by atoms with Crippen molar-refractivity contribution in [2.75, 3.05) is 11.9 Å². The maximum Gasteiger partial charge on any atom is 0.239 e. The van der Waals surface area contributed by atoms with Gasteiger partial charge in [-0.1, -0.05) is 13.0 Å². The van der Waals surface area contributed by atoms with Crippen LogP contribution in [0.2, 0.25) is 0 Å². The highest BCUT2D eigenvalue weighted by molar-refractivity contribution is 9.10. The molecule has 0 bridgehead atoms. The van der Waals surface area contributed by atoms with Crippen LogP contribution in [0, 0.1) is 6.92 Å². The quantitative estimate of drug-likeness (QED) is 0.877. The van der Waals surface area contributed by atoms with Gasteiger partial charge in [-0.05, 0) is 53.9 Å². The summed E-state index contributed by atoms with van der Waals surface area (Å²) in [7, 11) is 0. The fourth-order valence-electron chi connectivity index (χ4n) is 1.38. The zero-order chi connectivity index (χ0) is 12.8. The average molecular weight is 299 g/mol. The number of aryl methyl sites for hydroxylation is 1. The van der Waals surface area contributed by atoms with Gasteiger partial charge in [-0.2, -0.15) is 0 Å². The van der Waals surface area contributed by atoms with Crippen molar-refractivity contribution in [3.8, 4) is 0 Å². The summed E-state index contributed by atoms with van der Waals surface area (Å²) in [5.74, 6) is 0.0211. The number of anilines is 1. The number of carbonyl (C=O) groups is 1. The van der Waals surface area contributed by atoms with Gasteiger partial charge in [0.05, 0.1) is 6.54 Å². The van der Waals surface area contributed by atoms with Gasteiger partial charge in [-0.3, -0.25) is 4.79 Å². The summed E-state index contributed by atoms with van der Waals surface area (Å²) < 4.78 is 0.972. The summed E-state index contributed by atoms with van der Waals surface area (Å²) in [6.07, 6.45) is 0.944. The van der Waals surface area contributed by atoms with E-state index in [1.165, 1.54) is 0 Å². The molecule has 1 unspecified atom stereocenters. The largest absolute Gasteiger partial charge is 0.375 e. The van der Waals surface area contributed by atoms with E-state index in [0.29, 0.717) is 6.54 Å². The molecule has 0 aliphatic heterocycles. The van der Waals surface area contributed by atoms with E-state index in [9.17, 15) is 4.79 Å². The number of amides is 1. The lowest BCUT2D eigenvalue weighted by Crippen LogP contribution is -2.36. The van der Waals surface area contributed by atoms with Gasteiger partial charge in [0.25, 0.3) is 0 Å². The predicted octanol–water partition coefficient (Wildman–Crippen LogP) is 3.08. The highest BCUT2D eigenvalue weighted by atomic mass is 79.9. The summed E-state index contributed by atoms with van der Waals surface area (Å²) in [6.45, 7) is 6.37. The van der Waals surface area contributed by atoms with Crippen molar-refractivity contribution in [2.24, 2.45) is 0 Å². The average Bonchev–Trinajstić information content (AvgIpc) is 2.30. The van der Waals surface area contributed by atoms with E-state index in [-0.39, 0.29) is 11.9 Å². The van der Waals surface area contributed by atoms with Gasteiger partial charge < -0.3 is 10.6 Å². The van der Waals surface area contributed by atoms with Crippen molar-refractivity contribution in [1.82, 2.24) is 5.32 Å². The van der Waals surface area contributed by atoms with Crippen molar-refractivity contribution in [3.05, 3.63) is 28.2 Å². The number of hydrogen-bond acceptors (Lipinski definition) is 2. The third kappa shape index (κ3) is 4.77. The van der Waals surface area contributed by atoms with E-state index in [1.807, 2.05) is 32.0 Å². The summed E-state index contributed by atoms with van der Waals surface area (Å²) in [6, 6.07) is 6.24. The van der Waals surface area contributed by atoms with E-state index in [4.69, 9.17) is 0 Å². The topological polar surface area (TPSA) is 41.1 Å². The Hall–Kier alpha value is -1.03. The van der Waals surface area contributed by atoms with Crippen LogP contribution in [-0.4, -0.2) is 18.5 Å². The maximum absolute atomic E-state index is 11.6. The zero-order valence-electron chi connectivity index (χ0n) is 10.5. The lowest BCUT2D eigenvalue weighted by atomic mass is 10.2. The van der Waals surface area contributed by atoms with Crippen LogP contribution in [-0.2, 0) is 4.79 Å². The van der Waals surface area contributed by atoms with E-state index in [0.717, 1.165) is 22.1 Å². The molecule has 1 rings (SSSR count). The molecule has 1 aromatic rings. The van der Waals surface area contributed by atoms with Crippen LogP contribution in [0.4, 0.5) is 5.69 Å². The monoisotopic (exact) mass is 298 g/mol. The Morgan fingerprint density at radius 1 is 1.47 bits per heavy atom. The Morgan fingerprint density at radius 3 is 2.82 bits per heavy atom. The van der Waals surface area contributed by atoms with E-state index in [1.54, 1.807) is 0 Å². The van der Waals surface area contributed by atoms with Crippen LogP contribution in [0.25, 0.3) is 0 Å². The summed E-state index contributed by atoms with van der Waals surface area (Å²) in [5, 5.41) is 6.04. The van der Waals surface area contributed by atoms with Crippen LogP contribution < -0.4 is 10.6 Å². The number of halogens is 1. The van der Waals surface area contributed by atoms with Crippen molar-refractivity contribution in [3.63, 3.8) is 0 Å². The Morgan fingerprint density at radius 2 is 2.18 bits per heavy atom. The molecule has 0 saturated heterocycles. The molecule has 0 aromatic heterocycles. The summed E-state index contributed by atoms with van der Waals surface area (Å²) in [5.41, 5.74) is 2.11. The molecule has 0 saturated carbocycles. The molecule has 17 heavy (non-hydrogen) atoms. The molecule has 0 fully saturated rings. The van der Waals surface area contributed by atoms with Crippen molar-refractivity contribution in [1.29, 1.82) is 0 Å². The van der Waals surface area contributed by atoms with E-state index in [2.05, 4.69) is 33.5 Å². The molecule has 4 heteroatoms. The normalized spacial score (nSPS) is 12.0. The van der Waals surface area contributed by atoms with E-state index >= 15 is 0 Å². The summed E-state index contributed by atoms with van der Waals surface area (Å²) in [4.78, 5) is 11.6. The van der Waals surface area contributed by atoms with Gasteiger partial charge in [0.15, 0.2) is 0 Å². The number of benzene rings is 1. The third-order valence-electron chi connectivity index (χ3n) is 2.58. The first kappa shape index (κ1) is 14.0. The first-order valence-corrected chi connectivity index (χ1v) is 6.61. The Balaban J connectivity index is 2.50. The van der Waals surface area contributed by atoms with Crippen LogP contribution in [0.3, 0.4) is 0 Å². The fourth-order valence-corrected chi connectivity index (χ4v) is 1.76. The predicted molar refractivity (Wildman–Crippen MR) is 75.3 cm³/mol. The van der Waals surface area contributed by atoms with Crippen molar-refractivity contribution >= 4 is 27.5 Å². The van der Waals surface area contributed by atoms with Crippen molar-refractivity contribution < 1.29 is 4.79 Å². The SMILES string of the molecule is CCC(C)NC(=O)CNc1cc(C)ccc1Br. The lowest BCUT2D eigenvalue weighted by Gasteiger charge is -2.13. The minimum atomic E-state index is 0.0211. The number of hydrogen-bond donors (Lipinski definition) is 2. The Bertz CT molecular complexity index is 393. The van der Waals surface area contributed by atoms with Gasteiger partial charge >= 0.3 is 0 Å². The second-order valence-electron chi connectivity index (χ2n) is 4.21. The lowest BCUT2D eigenvalue weighted by molar-refractivity contribution is -0.120. The fraction of sp³-hybridized carbons (Fsp3) is 0.462. The van der Waals surface area contributed by atoms with Gasteiger partial charge in [-0.15, -0.1) is 0 Å². The minimum Gasteiger partial charge on any atom is -0.375 e. The molecule has 0 heterocycles.